The molecule has 0 heterocycles. The number of hydrogen-bond donors (Lipinski definition) is 0. The van der Waals surface area contributed by atoms with Gasteiger partial charge in [-0.3, -0.25) is 0 Å². The lowest BCUT2D eigenvalue weighted by Crippen LogP contribution is -2.31. The van der Waals surface area contributed by atoms with Crippen LogP contribution in [0.5, 0.6) is 0 Å². The molecule has 0 atom stereocenters. The van der Waals surface area contributed by atoms with Gasteiger partial charge in [0.15, 0.2) is 0 Å². The molecule has 0 aliphatic rings. The lowest BCUT2D eigenvalue weighted by atomic mass is 9.87. The van der Waals surface area contributed by atoms with Crippen LogP contribution in [-0.4, -0.2) is 12.2 Å². The second-order valence-electron chi connectivity index (χ2n) is 5.46. The highest BCUT2D eigenvalue weighted by atomic mass is 16.5. The zero-order valence-corrected chi connectivity index (χ0v) is 10.7. The van der Waals surface area contributed by atoms with E-state index in [-0.39, 0.29) is 11.0 Å². The molecule has 84 valence electrons. The van der Waals surface area contributed by atoms with Gasteiger partial charge in [0.05, 0.1) is 12.2 Å². The Balaban J connectivity index is 4.10. The minimum Gasteiger partial charge on any atom is -0.375 e. The molecule has 0 amide bonds. The Morgan fingerprint density at radius 2 is 1.71 bits per heavy atom. The summed E-state index contributed by atoms with van der Waals surface area (Å²) in [5, 5.41) is 0. The average Bonchev–Trinajstić information content (AvgIpc) is 2.01. The molecular weight excluding hydrogens is 172 g/mol. The van der Waals surface area contributed by atoms with Gasteiger partial charge in [0.2, 0.25) is 0 Å². The molecule has 0 aromatic carbocycles. The van der Waals surface area contributed by atoms with Gasteiger partial charge < -0.3 is 4.74 Å². The van der Waals surface area contributed by atoms with E-state index in [1.165, 1.54) is 12.0 Å². The molecule has 0 rings (SSSR count). The normalized spacial score (nSPS) is 13.0. The van der Waals surface area contributed by atoms with Crippen molar-refractivity contribution in [3.05, 3.63) is 12.2 Å². The first-order chi connectivity index (χ1) is 6.21. The molecule has 0 aromatic heterocycles. The summed E-state index contributed by atoms with van der Waals surface area (Å²) in [6.45, 7) is 17.7. The van der Waals surface area contributed by atoms with E-state index < -0.39 is 0 Å². The van der Waals surface area contributed by atoms with Crippen molar-refractivity contribution in [1.29, 1.82) is 0 Å². The fourth-order valence-corrected chi connectivity index (χ4v) is 1.17. The van der Waals surface area contributed by atoms with E-state index in [2.05, 4.69) is 48.1 Å². The van der Waals surface area contributed by atoms with Crippen LogP contribution in [0.1, 0.15) is 54.4 Å². The Kier molecular flexibility index (Phi) is 4.87. The van der Waals surface area contributed by atoms with Crippen molar-refractivity contribution in [2.24, 2.45) is 5.41 Å². The molecule has 0 spiro atoms. The zero-order chi connectivity index (χ0) is 11.4. The largest absolute Gasteiger partial charge is 0.375 e. The van der Waals surface area contributed by atoms with Gasteiger partial charge in [-0.15, -0.1) is 0 Å². The first-order valence-electron chi connectivity index (χ1n) is 5.51. The van der Waals surface area contributed by atoms with Crippen LogP contribution in [0.15, 0.2) is 12.2 Å². The molecule has 0 saturated heterocycles. The number of rotatable bonds is 6. The van der Waals surface area contributed by atoms with Crippen molar-refractivity contribution in [1.82, 2.24) is 0 Å². The van der Waals surface area contributed by atoms with E-state index in [0.29, 0.717) is 0 Å². The van der Waals surface area contributed by atoms with E-state index in [4.69, 9.17) is 4.74 Å². The van der Waals surface area contributed by atoms with Crippen LogP contribution in [0.25, 0.3) is 0 Å². The summed E-state index contributed by atoms with van der Waals surface area (Å²) >= 11 is 0. The maximum Gasteiger partial charge on any atom is 0.0626 e. The molecule has 0 unspecified atom stereocenters. The van der Waals surface area contributed by atoms with Crippen LogP contribution in [0.3, 0.4) is 0 Å². The van der Waals surface area contributed by atoms with E-state index in [1.54, 1.807) is 0 Å². The molecule has 0 aliphatic carbocycles. The van der Waals surface area contributed by atoms with Gasteiger partial charge in [-0.05, 0) is 27.2 Å². The van der Waals surface area contributed by atoms with Crippen molar-refractivity contribution in [2.75, 3.05) is 6.61 Å². The number of ether oxygens (including phenoxy) is 1. The van der Waals surface area contributed by atoms with Crippen LogP contribution in [-0.2, 0) is 4.74 Å². The van der Waals surface area contributed by atoms with Crippen molar-refractivity contribution in [3.8, 4) is 0 Å². The standard InChI is InChI=1S/C13H26O/c1-8-9-13(6,7)14-10-12(4,5)11(2)3/h2,8-10H2,1,3-7H3. The Labute approximate surface area is 89.5 Å². The molecule has 14 heavy (non-hydrogen) atoms. The third-order valence-electron chi connectivity index (χ3n) is 2.83. The Bertz CT molecular complexity index is 189. The summed E-state index contributed by atoms with van der Waals surface area (Å²) in [6, 6.07) is 0. The lowest BCUT2D eigenvalue weighted by Gasteiger charge is -2.32. The maximum absolute atomic E-state index is 5.94. The Morgan fingerprint density at radius 1 is 1.21 bits per heavy atom. The molecular formula is C13H26O. The highest BCUT2D eigenvalue weighted by molar-refractivity contribution is 5.03. The Morgan fingerprint density at radius 3 is 2.07 bits per heavy atom. The van der Waals surface area contributed by atoms with Gasteiger partial charge in [-0.2, -0.15) is 0 Å². The number of hydrogen-bond acceptors (Lipinski definition) is 1. The van der Waals surface area contributed by atoms with Crippen molar-refractivity contribution in [3.63, 3.8) is 0 Å². The third kappa shape index (κ3) is 4.80. The highest BCUT2D eigenvalue weighted by Gasteiger charge is 2.24. The van der Waals surface area contributed by atoms with Gasteiger partial charge in [0, 0.05) is 5.41 Å². The van der Waals surface area contributed by atoms with Crippen LogP contribution in [0.2, 0.25) is 0 Å². The van der Waals surface area contributed by atoms with E-state index in [9.17, 15) is 0 Å². The molecule has 0 N–H and O–H groups in total. The van der Waals surface area contributed by atoms with Gasteiger partial charge in [-0.25, -0.2) is 0 Å². The van der Waals surface area contributed by atoms with Crippen LogP contribution < -0.4 is 0 Å². The molecule has 0 aromatic rings. The summed E-state index contributed by atoms with van der Waals surface area (Å²) < 4.78 is 5.94. The van der Waals surface area contributed by atoms with Crippen LogP contribution >= 0.6 is 0 Å². The molecule has 0 saturated carbocycles. The molecule has 1 nitrogen and oxygen atoms in total. The van der Waals surface area contributed by atoms with Gasteiger partial charge in [-0.1, -0.05) is 39.3 Å². The first kappa shape index (κ1) is 13.7. The second-order valence-corrected chi connectivity index (χ2v) is 5.46. The van der Waals surface area contributed by atoms with Crippen molar-refractivity contribution < 1.29 is 4.74 Å². The summed E-state index contributed by atoms with van der Waals surface area (Å²) in [7, 11) is 0. The molecule has 0 bridgehead atoms. The van der Waals surface area contributed by atoms with E-state index in [1.807, 2.05) is 0 Å². The van der Waals surface area contributed by atoms with Gasteiger partial charge in [0.1, 0.15) is 0 Å². The molecule has 1 heteroatoms. The SMILES string of the molecule is C=C(C)C(C)(C)COC(C)(C)CCC. The van der Waals surface area contributed by atoms with Crippen LogP contribution in [0.4, 0.5) is 0 Å². The average molecular weight is 198 g/mol. The Hall–Kier alpha value is -0.300. The third-order valence-corrected chi connectivity index (χ3v) is 2.83. The maximum atomic E-state index is 5.94. The highest BCUT2D eigenvalue weighted by Crippen LogP contribution is 2.28. The van der Waals surface area contributed by atoms with E-state index >= 15 is 0 Å². The van der Waals surface area contributed by atoms with Gasteiger partial charge in [0.25, 0.3) is 0 Å². The second kappa shape index (κ2) is 4.97. The first-order valence-corrected chi connectivity index (χ1v) is 5.51. The topological polar surface area (TPSA) is 9.23 Å². The van der Waals surface area contributed by atoms with Gasteiger partial charge >= 0.3 is 0 Å². The minimum atomic E-state index is 0.00146. The fraction of sp³-hybridized carbons (Fsp3) is 0.846. The van der Waals surface area contributed by atoms with E-state index in [0.717, 1.165) is 13.0 Å². The predicted octanol–water partition coefficient (Wildman–Crippen LogP) is 4.18. The molecule has 0 radical (unpaired) electrons. The smallest absolute Gasteiger partial charge is 0.0626 e. The summed E-state index contributed by atoms with van der Waals surface area (Å²) in [6.07, 6.45) is 2.28. The molecule has 0 fully saturated rings. The summed E-state index contributed by atoms with van der Waals surface area (Å²) in [5.41, 5.74) is 1.27. The monoisotopic (exact) mass is 198 g/mol. The summed E-state index contributed by atoms with van der Waals surface area (Å²) in [4.78, 5) is 0. The quantitative estimate of drug-likeness (QED) is 0.582. The van der Waals surface area contributed by atoms with Crippen molar-refractivity contribution in [2.45, 2.75) is 60.0 Å². The predicted molar refractivity (Wildman–Crippen MR) is 63.5 cm³/mol. The molecule has 0 aliphatic heterocycles. The lowest BCUT2D eigenvalue weighted by molar-refractivity contribution is -0.0515. The summed E-state index contributed by atoms with van der Waals surface area (Å²) in [5.74, 6) is 0. The zero-order valence-electron chi connectivity index (χ0n) is 10.7. The minimum absolute atomic E-state index is 0.00146. The fourth-order valence-electron chi connectivity index (χ4n) is 1.17. The van der Waals surface area contributed by atoms with Crippen LogP contribution in [0, 0.1) is 5.41 Å². The van der Waals surface area contributed by atoms with Crippen molar-refractivity contribution >= 4 is 0 Å².